The number of halogens is 1. The zero-order valence-corrected chi connectivity index (χ0v) is 11.4. The van der Waals surface area contributed by atoms with Gasteiger partial charge in [0.1, 0.15) is 11.6 Å². The minimum atomic E-state index is -0.761. The van der Waals surface area contributed by atoms with Crippen LogP contribution in [0.2, 0.25) is 0 Å². The standard InChI is InChI=1S/C14H21FO4/c1-11(16)13-10-12(15)4-5-14(13)19-7-3-6-18-9-8-17-2/h4-5,10-11,16H,3,6-9H2,1-2H3/t11-/m0/s1. The van der Waals surface area contributed by atoms with Gasteiger partial charge >= 0.3 is 0 Å². The van der Waals surface area contributed by atoms with E-state index < -0.39 is 6.10 Å². The van der Waals surface area contributed by atoms with E-state index in [1.807, 2.05) is 0 Å². The molecule has 5 heteroatoms. The summed E-state index contributed by atoms with van der Waals surface area (Å²) >= 11 is 0. The lowest BCUT2D eigenvalue weighted by atomic mass is 10.1. The highest BCUT2D eigenvalue weighted by atomic mass is 19.1. The van der Waals surface area contributed by atoms with Crippen LogP contribution in [-0.4, -0.2) is 38.6 Å². The Hall–Kier alpha value is -1.17. The molecule has 0 amide bonds. The highest BCUT2D eigenvalue weighted by Crippen LogP contribution is 2.25. The van der Waals surface area contributed by atoms with Gasteiger partial charge in [0.25, 0.3) is 0 Å². The molecular formula is C14H21FO4. The molecule has 0 saturated carbocycles. The molecule has 0 fully saturated rings. The Bertz CT molecular complexity index is 368. The number of hydrogen-bond acceptors (Lipinski definition) is 4. The van der Waals surface area contributed by atoms with Crippen molar-refractivity contribution in [1.29, 1.82) is 0 Å². The van der Waals surface area contributed by atoms with E-state index in [4.69, 9.17) is 14.2 Å². The molecular weight excluding hydrogens is 251 g/mol. The lowest BCUT2D eigenvalue weighted by Gasteiger charge is -2.13. The van der Waals surface area contributed by atoms with E-state index in [0.717, 1.165) is 6.42 Å². The molecule has 1 aromatic carbocycles. The van der Waals surface area contributed by atoms with Crippen molar-refractivity contribution in [1.82, 2.24) is 0 Å². The Labute approximate surface area is 113 Å². The van der Waals surface area contributed by atoms with Gasteiger partial charge in [-0.3, -0.25) is 0 Å². The molecule has 0 bridgehead atoms. The van der Waals surface area contributed by atoms with Crippen molar-refractivity contribution in [3.8, 4) is 5.75 Å². The summed E-state index contributed by atoms with van der Waals surface area (Å²) in [7, 11) is 1.62. The second-order valence-corrected chi connectivity index (χ2v) is 4.17. The lowest BCUT2D eigenvalue weighted by molar-refractivity contribution is 0.0642. The van der Waals surface area contributed by atoms with E-state index in [2.05, 4.69) is 0 Å². The predicted octanol–water partition coefficient (Wildman–Crippen LogP) is 2.31. The van der Waals surface area contributed by atoms with E-state index in [9.17, 15) is 9.50 Å². The van der Waals surface area contributed by atoms with Gasteiger partial charge in [0.05, 0.1) is 25.9 Å². The van der Waals surface area contributed by atoms with Crippen molar-refractivity contribution in [3.63, 3.8) is 0 Å². The summed E-state index contributed by atoms with van der Waals surface area (Å²) in [5, 5.41) is 9.54. The summed E-state index contributed by atoms with van der Waals surface area (Å²) in [4.78, 5) is 0. The molecule has 19 heavy (non-hydrogen) atoms. The Balaban J connectivity index is 2.33. The van der Waals surface area contributed by atoms with Crippen LogP contribution in [0, 0.1) is 5.82 Å². The normalized spacial score (nSPS) is 12.4. The van der Waals surface area contributed by atoms with Crippen molar-refractivity contribution in [2.75, 3.05) is 33.5 Å². The van der Waals surface area contributed by atoms with Gasteiger partial charge in [0.15, 0.2) is 0 Å². The van der Waals surface area contributed by atoms with E-state index in [1.165, 1.54) is 18.2 Å². The summed E-state index contributed by atoms with van der Waals surface area (Å²) in [5.41, 5.74) is 0.459. The molecule has 4 nitrogen and oxygen atoms in total. The van der Waals surface area contributed by atoms with Gasteiger partial charge in [-0.25, -0.2) is 4.39 Å². The third-order valence-corrected chi connectivity index (χ3v) is 2.54. The van der Waals surface area contributed by atoms with Gasteiger partial charge in [-0.2, -0.15) is 0 Å². The number of hydrogen-bond donors (Lipinski definition) is 1. The third kappa shape index (κ3) is 6.00. The zero-order chi connectivity index (χ0) is 14.1. The van der Waals surface area contributed by atoms with Crippen LogP contribution in [0.1, 0.15) is 25.0 Å². The number of methoxy groups -OCH3 is 1. The van der Waals surface area contributed by atoms with Crippen LogP contribution in [0.4, 0.5) is 4.39 Å². The SMILES string of the molecule is COCCOCCCOc1ccc(F)cc1[C@H](C)O. The Morgan fingerprint density at radius 3 is 2.68 bits per heavy atom. The van der Waals surface area contributed by atoms with Crippen LogP contribution in [0.3, 0.4) is 0 Å². The average Bonchev–Trinajstić information content (AvgIpc) is 2.39. The van der Waals surface area contributed by atoms with Crippen LogP contribution in [-0.2, 0) is 9.47 Å². The predicted molar refractivity (Wildman–Crippen MR) is 69.8 cm³/mol. The Morgan fingerprint density at radius 2 is 2.00 bits per heavy atom. The molecule has 0 spiro atoms. The van der Waals surface area contributed by atoms with Crippen molar-refractivity contribution in [2.45, 2.75) is 19.4 Å². The summed E-state index contributed by atoms with van der Waals surface area (Å²) < 4.78 is 28.7. The van der Waals surface area contributed by atoms with Gasteiger partial charge in [-0.1, -0.05) is 0 Å². The first-order valence-corrected chi connectivity index (χ1v) is 6.32. The van der Waals surface area contributed by atoms with E-state index >= 15 is 0 Å². The zero-order valence-electron chi connectivity index (χ0n) is 11.4. The first kappa shape index (κ1) is 15.9. The topological polar surface area (TPSA) is 47.9 Å². The molecule has 0 saturated heterocycles. The van der Waals surface area contributed by atoms with Crippen molar-refractivity contribution in [2.24, 2.45) is 0 Å². The quantitative estimate of drug-likeness (QED) is 0.701. The van der Waals surface area contributed by atoms with Crippen LogP contribution in [0.15, 0.2) is 18.2 Å². The summed E-state index contributed by atoms with van der Waals surface area (Å²) in [5.74, 6) is 0.124. The summed E-state index contributed by atoms with van der Waals surface area (Å²) in [6.45, 7) is 3.75. The van der Waals surface area contributed by atoms with E-state index in [1.54, 1.807) is 14.0 Å². The fourth-order valence-corrected chi connectivity index (χ4v) is 1.56. The van der Waals surface area contributed by atoms with Crippen LogP contribution in [0.5, 0.6) is 5.75 Å². The molecule has 0 aliphatic carbocycles. The number of ether oxygens (including phenoxy) is 3. The van der Waals surface area contributed by atoms with Crippen molar-refractivity contribution < 1.29 is 23.7 Å². The molecule has 0 aromatic heterocycles. The van der Waals surface area contributed by atoms with Crippen LogP contribution >= 0.6 is 0 Å². The maximum Gasteiger partial charge on any atom is 0.125 e. The number of benzene rings is 1. The minimum absolute atomic E-state index is 0.383. The number of aliphatic hydroxyl groups excluding tert-OH is 1. The average molecular weight is 272 g/mol. The first-order valence-electron chi connectivity index (χ1n) is 6.32. The van der Waals surface area contributed by atoms with E-state index in [0.29, 0.717) is 37.7 Å². The maximum atomic E-state index is 13.1. The fourth-order valence-electron chi connectivity index (χ4n) is 1.56. The minimum Gasteiger partial charge on any atom is -0.493 e. The monoisotopic (exact) mass is 272 g/mol. The number of aliphatic hydroxyl groups is 1. The molecule has 0 unspecified atom stereocenters. The highest BCUT2D eigenvalue weighted by Gasteiger charge is 2.10. The second kappa shape index (κ2) is 8.85. The third-order valence-electron chi connectivity index (χ3n) is 2.54. The molecule has 1 atom stereocenters. The van der Waals surface area contributed by atoms with Gasteiger partial charge < -0.3 is 19.3 Å². The highest BCUT2D eigenvalue weighted by molar-refractivity contribution is 5.35. The Morgan fingerprint density at radius 1 is 1.21 bits per heavy atom. The van der Waals surface area contributed by atoms with Crippen molar-refractivity contribution in [3.05, 3.63) is 29.6 Å². The maximum absolute atomic E-state index is 13.1. The van der Waals surface area contributed by atoms with Crippen LogP contribution < -0.4 is 4.74 Å². The summed E-state index contributed by atoms with van der Waals surface area (Å²) in [6.07, 6.45) is -0.0379. The molecule has 108 valence electrons. The fraction of sp³-hybridized carbons (Fsp3) is 0.571. The second-order valence-electron chi connectivity index (χ2n) is 4.17. The van der Waals surface area contributed by atoms with Gasteiger partial charge in [-0.05, 0) is 25.1 Å². The smallest absolute Gasteiger partial charge is 0.125 e. The largest absolute Gasteiger partial charge is 0.493 e. The molecule has 0 radical (unpaired) electrons. The first-order chi connectivity index (χ1) is 9.15. The molecule has 0 aliphatic rings. The molecule has 0 aliphatic heterocycles. The van der Waals surface area contributed by atoms with Gasteiger partial charge in [-0.15, -0.1) is 0 Å². The van der Waals surface area contributed by atoms with Crippen molar-refractivity contribution >= 4 is 0 Å². The number of rotatable bonds is 9. The van der Waals surface area contributed by atoms with Crippen LogP contribution in [0.25, 0.3) is 0 Å². The van der Waals surface area contributed by atoms with Gasteiger partial charge in [0.2, 0.25) is 0 Å². The molecule has 0 heterocycles. The van der Waals surface area contributed by atoms with E-state index in [-0.39, 0.29) is 5.82 Å². The lowest BCUT2D eigenvalue weighted by Crippen LogP contribution is -2.08. The molecule has 1 aromatic rings. The summed E-state index contributed by atoms with van der Waals surface area (Å²) in [6, 6.07) is 4.13. The molecule has 1 rings (SSSR count). The van der Waals surface area contributed by atoms with Gasteiger partial charge in [0, 0.05) is 25.7 Å². The Kier molecular flexibility index (Phi) is 7.40. The molecule has 1 N–H and O–H groups in total.